The van der Waals surface area contributed by atoms with Gasteiger partial charge in [-0.25, -0.2) is 0 Å². The Kier molecular flexibility index (Phi) is 6.63. The van der Waals surface area contributed by atoms with E-state index in [4.69, 9.17) is 10.5 Å². The lowest BCUT2D eigenvalue weighted by Gasteiger charge is -2.19. The van der Waals surface area contributed by atoms with Crippen LogP contribution in [0.5, 0.6) is 11.5 Å². The molecule has 0 fully saturated rings. The van der Waals surface area contributed by atoms with Crippen LogP contribution in [0.4, 0.5) is 39.5 Å². The van der Waals surface area contributed by atoms with E-state index in [-0.39, 0.29) is 23.9 Å². The molecule has 0 unspecified atom stereocenters. The van der Waals surface area contributed by atoms with Crippen molar-refractivity contribution < 1.29 is 54.2 Å². The third-order valence-corrected chi connectivity index (χ3v) is 4.83. The fraction of sp³-hybridized carbons (Fsp3) is 0.238. The second kappa shape index (κ2) is 8.95. The van der Waals surface area contributed by atoms with Crippen molar-refractivity contribution in [3.63, 3.8) is 0 Å². The quantitative estimate of drug-likeness (QED) is 0.436. The number of halogens is 9. The molecule has 1 heterocycles. The van der Waals surface area contributed by atoms with Gasteiger partial charge in [0.1, 0.15) is 11.5 Å². The molecule has 0 aliphatic heterocycles. The van der Waals surface area contributed by atoms with Crippen LogP contribution in [0.15, 0.2) is 36.4 Å². The zero-order valence-electron chi connectivity index (χ0n) is 17.8. The smallest absolute Gasteiger partial charge is 0.435 e. The standard InChI is InChI=1S/C21H14F9N3O3/c1-33-13(7-15(32-33)21(28,29)30)12-2-3-14(36-8-16(31)34)17(18(12)35)9-4-10(19(22,23)24)6-11(5-9)20(25,26)27/h2-7,35H,8H2,1H3,(H2,31,34). The summed E-state index contributed by atoms with van der Waals surface area (Å²) in [6.45, 7) is -0.874. The molecule has 0 saturated carbocycles. The second-order valence-electron chi connectivity index (χ2n) is 7.42. The summed E-state index contributed by atoms with van der Waals surface area (Å²) >= 11 is 0. The van der Waals surface area contributed by atoms with Gasteiger partial charge in [0.25, 0.3) is 5.91 Å². The molecule has 3 rings (SSSR count). The summed E-state index contributed by atoms with van der Waals surface area (Å²) in [7, 11) is 1.08. The molecule has 0 saturated heterocycles. The van der Waals surface area contributed by atoms with Crippen molar-refractivity contribution in [3.8, 4) is 33.9 Å². The number of ether oxygens (including phenoxy) is 1. The molecule has 0 aliphatic rings. The van der Waals surface area contributed by atoms with Gasteiger partial charge in [-0.1, -0.05) is 0 Å². The molecule has 0 spiro atoms. The largest absolute Gasteiger partial charge is 0.506 e. The van der Waals surface area contributed by atoms with Crippen LogP contribution >= 0.6 is 0 Å². The molecule has 6 nitrogen and oxygen atoms in total. The highest BCUT2D eigenvalue weighted by molar-refractivity contribution is 5.86. The van der Waals surface area contributed by atoms with Gasteiger partial charge >= 0.3 is 18.5 Å². The molecule has 1 aromatic heterocycles. The number of phenolic OH excluding ortho intramolecular Hbond substituents is 1. The van der Waals surface area contributed by atoms with Gasteiger partial charge in [-0.15, -0.1) is 0 Å². The van der Waals surface area contributed by atoms with E-state index < -0.39 is 76.1 Å². The monoisotopic (exact) mass is 527 g/mol. The van der Waals surface area contributed by atoms with E-state index >= 15 is 0 Å². The van der Waals surface area contributed by atoms with Crippen molar-refractivity contribution in [1.82, 2.24) is 9.78 Å². The molecule has 194 valence electrons. The van der Waals surface area contributed by atoms with Crippen molar-refractivity contribution in [2.75, 3.05) is 6.61 Å². The first-order valence-electron chi connectivity index (χ1n) is 9.58. The number of phenols is 1. The maximum Gasteiger partial charge on any atom is 0.435 e. The van der Waals surface area contributed by atoms with Crippen LogP contribution in [-0.2, 0) is 30.4 Å². The van der Waals surface area contributed by atoms with E-state index in [0.29, 0.717) is 10.7 Å². The van der Waals surface area contributed by atoms with Crippen LogP contribution < -0.4 is 10.5 Å². The molecule has 36 heavy (non-hydrogen) atoms. The molecule has 0 aliphatic carbocycles. The van der Waals surface area contributed by atoms with E-state index in [2.05, 4.69) is 5.10 Å². The number of amides is 1. The fourth-order valence-electron chi connectivity index (χ4n) is 3.28. The Hall–Kier alpha value is -3.91. The molecule has 3 aromatic rings. The van der Waals surface area contributed by atoms with Gasteiger partial charge in [0.15, 0.2) is 12.3 Å². The van der Waals surface area contributed by atoms with Crippen molar-refractivity contribution in [2.45, 2.75) is 18.5 Å². The first-order chi connectivity index (χ1) is 16.4. The number of carbonyl (C=O) groups is 1. The Morgan fingerprint density at radius 3 is 1.94 bits per heavy atom. The predicted molar refractivity (Wildman–Crippen MR) is 105 cm³/mol. The third kappa shape index (κ3) is 5.49. The van der Waals surface area contributed by atoms with E-state index in [0.717, 1.165) is 19.2 Å². The van der Waals surface area contributed by atoms with E-state index in [1.165, 1.54) is 0 Å². The molecule has 1 amide bonds. The lowest BCUT2D eigenvalue weighted by atomic mass is 9.95. The maximum atomic E-state index is 13.4. The number of carbonyl (C=O) groups excluding carboxylic acids is 1. The number of aryl methyl sites for hydroxylation is 1. The second-order valence-corrected chi connectivity index (χ2v) is 7.42. The summed E-state index contributed by atoms with van der Waals surface area (Å²) in [5.41, 5.74) is -2.23. The predicted octanol–water partition coefficient (Wildman–Crippen LogP) is 5.38. The van der Waals surface area contributed by atoms with Gasteiger partial charge in [0, 0.05) is 12.6 Å². The number of nitrogens with two attached hydrogens (primary N) is 1. The lowest BCUT2D eigenvalue weighted by molar-refractivity contribution is -0.143. The highest BCUT2D eigenvalue weighted by Gasteiger charge is 2.38. The van der Waals surface area contributed by atoms with Crippen LogP contribution in [0.25, 0.3) is 22.4 Å². The van der Waals surface area contributed by atoms with E-state index in [1.807, 2.05) is 0 Å². The average Bonchev–Trinajstić information content (AvgIpc) is 3.12. The number of hydrogen-bond donors (Lipinski definition) is 2. The number of aromatic hydroxyl groups is 1. The summed E-state index contributed by atoms with van der Waals surface area (Å²) < 4.78 is 125. The van der Waals surface area contributed by atoms with Gasteiger partial charge in [-0.05, 0) is 42.0 Å². The molecular formula is C21H14F9N3O3. The number of benzene rings is 2. The molecule has 0 radical (unpaired) electrons. The third-order valence-electron chi connectivity index (χ3n) is 4.83. The van der Waals surface area contributed by atoms with E-state index in [9.17, 15) is 49.4 Å². The summed E-state index contributed by atoms with van der Waals surface area (Å²) in [6.07, 6.45) is -15.4. The Balaban J connectivity index is 2.34. The molecule has 0 atom stereocenters. The van der Waals surface area contributed by atoms with Gasteiger partial charge in [0.2, 0.25) is 0 Å². The molecule has 0 bridgehead atoms. The minimum Gasteiger partial charge on any atom is -0.506 e. The van der Waals surface area contributed by atoms with Gasteiger partial charge in [-0.3, -0.25) is 9.48 Å². The Labute approximate surface area is 195 Å². The van der Waals surface area contributed by atoms with Crippen molar-refractivity contribution >= 4 is 5.91 Å². The number of alkyl halides is 9. The van der Waals surface area contributed by atoms with Gasteiger partial charge in [0.05, 0.1) is 22.4 Å². The molecule has 15 heteroatoms. The SMILES string of the molecule is Cn1nc(C(F)(F)F)cc1-c1ccc(OCC(N)=O)c(-c2cc(C(F)(F)F)cc(C(F)(F)F)c2)c1O. The summed E-state index contributed by atoms with van der Waals surface area (Å²) in [5, 5.41) is 14.2. The minimum atomic E-state index is -5.23. The number of primary amides is 1. The van der Waals surface area contributed by atoms with Crippen LogP contribution in [-0.4, -0.2) is 27.4 Å². The summed E-state index contributed by atoms with van der Waals surface area (Å²) in [5.74, 6) is -2.65. The fourth-order valence-corrected chi connectivity index (χ4v) is 3.28. The van der Waals surface area contributed by atoms with Crippen LogP contribution in [0, 0.1) is 0 Å². The van der Waals surface area contributed by atoms with Gasteiger partial charge in [-0.2, -0.15) is 44.6 Å². The van der Waals surface area contributed by atoms with Crippen molar-refractivity contribution in [1.29, 1.82) is 0 Å². The summed E-state index contributed by atoms with van der Waals surface area (Å²) in [4.78, 5) is 11.1. The normalized spacial score (nSPS) is 12.6. The summed E-state index contributed by atoms with van der Waals surface area (Å²) in [6, 6.07) is 2.89. The van der Waals surface area contributed by atoms with Crippen LogP contribution in [0.3, 0.4) is 0 Å². The number of nitrogens with zero attached hydrogens (tertiary/aromatic N) is 2. The molecule has 3 N–H and O–H groups in total. The first kappa shape index (κ1) is 26.7. The molecule has 2 aromatic carbocycles. The maximum absolute atomic E-state index is 13.4. The Bertz CT molecular complexity index is 1280. The zero-order chi connectivity index (χ0) is 27.2. The van der Waals surface area contributed by atoms with E-state index in [1.54, 1.807) is 0 Å². The Morgan fingerprint density at radius 2 is 1.50 bits per heavy atom. The molecular weight excluding hydrogens is 513 g/mol. The van der Waals surface area contributed by atoms with Crippen LogP contribution in [0.2, 0.25) is 0 Å². The highest BCUT2D eigenvalue weighted by Crippen LogP contribution is 2.47. The first-order valence-corrected chi connectivity index (χ1v) is 9.58. The topological polar surface area (TPSA) is 90.4 Å². The highest BCUT2D eigenvalue weighted by atomic mass is 19.4. The van der Waals surface area contributed by atoms with Crippen molar-refractivity contribution in [2.24, 2.45) is 12.8 Å². The minimum absolute atomic E-state index is 0.148. The number of hydrogen-bond acceptors (Lipinski definition) is 4. The van der Waals surface area contributed by atoms with Crippen LogP contribution in [0.1, 0.15) is 16.8 Å². The zero-order valence-corrected chi connectivity index (χ0v) is 17.8. The average molecular weight is 527 g/mol. The number of aromatic nitrogens is 2. The Morgan fingerprint density at radius 1 is 0.944 bits per heavy atom. The van der Waals surface area contributed by atoms with Gasteiger partial charge < -0.3 is 15.6 Å². The lowest BCUT2D eigenvalue weighted by Crippen LogP contribution is -2.20. The van der Waals surface area contributed by atoms with Crippen molar-refractivity contribution in [3.05, 3.63) is 53.2 Å². The number of rotatable bonds is 5.